The number of fused-ring (bicyclic) bond motifs is 1. The lowest BCUT2D eigenvalue weighted by molar-refractivity contribution is -0.122. The average Bonchev–Trinajstić information content (AvgIpc) is 2.35. The van der Waals surface area contributed by atoms with E-state index in [1.165, 1.54) is 11.1 Å². The van der Waals surface area contributed by atoms with Crippen molar-refractivity contribution in [1.82, 2.24) is 5.32 Å². The van der Waals surface area contributed by atoms with Crippen molar-refractivity contribution < 1.29 is 4.79 Å². The normalized spacial score (nSPS) is 18.9. The number of carbonyl (C=O) groups is 1. The van der Waals surface area contributed by atoms with Gasteiger partial charge in [0.15, 0.2) is 0 Å². The summed E-state index contributed by atoms with van der Waals surface area (Å²) in [5.41, 5.74) is 7.90. The molecule has 0 saturated carbocycles. The van der Waals surface area contributed by atoms with Crippen molar-refractivity contribution in [2.45, 2.75) is 25.2 Å². The maximum Gasteiger partial charge on any atom is 0.227 e. The Bertz CT molecular complexity index is 376. The van der Waals surface area contributed by atoms with Crippen molar-refractivity contribution >= 4 is 5.91 Å². The first kappa shape index (κ1) is 11.1. The van der Waals surface area contributed by atoms with Crippen molar-refractivity contribution in [2.75, 3.05) is 13.1 Å². The van der Waals surface area contributed by atoms with Crippen LogP contribution in [0.1, 0.15) is 29.9 Å². The van der Waals surface area contributed by atoms with Gasteiger partial charge in [-0.2, -0.15) is 0 Å². The minimum absolute atomic E-state index is 0.0245. The number of rotatable bonds is 3. The first-order valence-electron chi connectivity index (χ1n) is 5.88. The molecule has 2 rings (SSSR count). The Balaban J connectivity index is 2.15. The Labute approximate surface area is 96.0 Å². The third kappa shape index (κ3) is 2.25. The fourth-order valence-corrected chi connectivity index (χ4v) is 2.34. The number of aryl methyl sites for hydroxylation is 1. The molecular weight excluding hydrogens is 200 g/mol. The molecule has 1 aromatic rings. The van der Waals surface area contributed by atoms with E-state index in [1.807, 2.05) is 12.1 Å². The fraction of sp³-hybridized carbons (Fsp3) is 0.462. The van der Waals surface area contributed by atoms with E-state index in [-0.39, 0.29) is 11.8 Å². The second kappa shape index (κ2) is 5.12. The van der Waals surface area contributed by atoms with Crippen LogP contribution in [0.25, 0.3) is 0 Å². The molecule has 16 heavy (non-hydrogen) atoms. The highest BCUT2D eigenvalue weighted by molar-refractivity contribution is 5.84. The third-order valence-electron chi connectivity index (χ3n) is 3.13. The predicted octanol–water partition coefficient (Wildman–Crippen LogP) is 1.18. The monoisotopic (exact) mass is 218 g/mol. The van der Waals surface area contributed by atoms with Crippen LogP contribution in [0.3, 0.4) is 0 Å². The largest absolute Gasteiger partial charge is 0.354 e. The Morgan fingerprint density at radius 1 is 1.44 bits per heavy atom. The summed E-state index contributed by atoms with van der Waals surface area (Å²) < 4.78 is 0. The fourth-order valence-electron chi connectivity index (χ4n) is 2.34. The molecule has 1 atom stereocenters. The van der Waals surface area contributed by atoms with E-state index < -0.39 is 0 Å². The van der Waals surface area contributed by atoms with Gasteiger partial charge in [-0.3, -0.25) is 4.79 Å². The second-order valence-electron chi connectivity index (χ2n) is 4.22. The topological polar surface area (TPSA) is 55.1 Å². The van der Waals surface area contributed by atoms with Crippen molar-refractivity contribution in [1.29, 1.82) is 0 Å². The third-order valence-corrected chi connectivity index (χ3v) is 3.13. The van der Waals surface area contributed by atoms with Crippen LogP contribution < -0.4 is 11.1 Å². The summed E-state index contributed by atoms with van der Waals surface area (Å²) in [4.78, 5) is 12.0. The maximum atomic E-state index is 12.0. The van der Waals surface area contributed by atoms with Crippen LogP contribution in [0, 0.1) is 0 Å². The van der Waals surface area contributed by atoms with Gasteiger partial charge in [-0.15, -0.1) is 0 Å². The van der Waals surface area contributed by atoms with E-state index in [9.17, 15) is 4.79 Å². The van der Waals surface area contributed by atoms with Gasteiger partial charge in [-0.25, -0.2) is 0 Å². The highest BCUT2D eigenvalue weighted by Gasteiger charge is 2.25. The minimum Gasteiger partial charge on any atom is -0.354 e. The van der Waals surface area contributed by atoms with E-state index >= 15 is 0 Å². The molecule has 1 amide bonds. The van der Waals surface area contributed by atoms with Gasteiger partial charge >= 0.3 is 0 Å². The van der Waals surface area contributed by atoms with Gasteiger partial charge in [0.25, 0.3) is 0 Å². The molecule has 0 aromatic heterocycles. The summed E-state index contributed by atoms with van der Waals surface area (Å²) in [6.45, 7) is 1.07. The average molecular weight is 218 g/mol. The van der Waals surface area contributed by atoms with Crippen LogP contribution in [0.15, 0.2) is 24.3 Å². The van der Waals surface area contributed by atoms with Crippen molar-refractivity contribution in [3.05, 3.63) is 35.4 Å². The quantitative estimate of drug-likeness (QED) is 0.800. The van der Waals surface area contributed by atoms with E-state index in [4.69, 9.17) is 5.73 Å². The van der Waals surface area contributed by atoms with Gasteiger partial charge in [0.2, 0.25) is 5.91 Å². The molecule has 0 bridgehead atoms. The van der Waals surface area contributed by atoms with E-state index in [1.54, 1.807) is 0 Å². The molecule has 1 aliphatic carbocycles. The molecule has 0 radical (unpaired) electrons. The SMILES string of the molecule is NCCNC(=O)[C@H]1CCCc2ccccc21. The lowest BCUT2D eigenvalue weighted by Crippen LogP contribution is -2.34. The van der Waals surface area contributed by atoms with Gasteiger partial charge in [0, 0.05) is 13.1 Å². The number of nitrogens with one attached hydrogen (secondary N) is 1. The summed E-state index contributed by atoms with van der Waals surface area (Å²) in [7, 11) is 0. The minimum atomic E-state index is 0.0245. The first-order chi connectivity index (χ1) is 7.83. The van der Waals surface area contributed by atoms with Gasteiger partial charge in [0.1, 0.15) is 0 Å². The zero-order valence-electron chi connectivity index (χ0n) is 9.41. The molecule has 1 aromatic carbocycles. The molecule has 3 heteroatoms. The Morgan fingerprint density at radius 3 is 3.06 bits per heavy atom. The lowest BCUT2D eigenvalue weighted by Gasteiger charge is -2.24. The van der Waals surface area contributed by atoms with Gasteiger partial charge in [-0.05, 0) is 30.4 Å². The summed E-state index contributed by atoms with van der Waals surface area (Å²) in [6.07, 6.45) is 3.14. The van der Waals surface area contributed by atoms with E-state index in [0.29, 0.717) is 13.1 Å². The predicted molar refractivity (Wildman–Crippen MR) is 64.2 cm³/mol. The van der Waals surface area contributed by atoms with Crippen LogP contribution >= 0.6 is 0 Å². The van der Waals surface area contributed by atoms with Crippen LogP contribution in [0.2, 0.25) is 0 Å². The highest BCUT2D eigenvalue weighted by Crippen LogP contribution is 2.31. The number of carbonyl (C=O) groups excluding carboxylic acids is 1. The Kier molecular flexibility index (Phi) is 3.57. The van der Waals surface area contributed by atoms with Crippen LogP contribution in [0.4, 0.5) is 0 Å². The van der Waals surface area contributed by atoms with Crippen LogP contribution in [0.5, 0.6) is 0 Å². The van der Waals surface area contributed by atoms with Crippen molar-refractivity contribution in [3.63, 3.8) is 0 Å². The van der Waals surface area contributed by atoms with Crippen molar-refractivity contribution in [2.24, 2.45) is 5.73 Å². The van der Waals surface area contributed by atoms with Crippen LogP contribution in [-0.2, 0) is 11.2 Å². The summed E-state index contributed by atoms with van der Waals surface area (Å²) >= 11 is 0. The lowest BCUT2D eigenvalue weighted by atomic mass is 9.82. The number of hydrogen-bond donors (Lipinski definition) is 2. The molecule has 0 fully saturated rings. The highest BCUT2D eigenvalue weighted by atomic mass is 16.1. The molecule has 0 saturated heterocycles. The van der Waals surface area contributed by atoms with Gasteiger partial charge < -0.3 is 11.1 Å². The molecule has 3 nitrogen and oxygen atoms in total. The van der Waals surface area contributed by atoms with E-state index in [2.05, 4.69) is 17.4 Å². The molecule has 0 aliphatic heterocycles. The number of amides is 1. The number of nitrogens with two attached hydrogens (primary N) is 1. The Hall–Kier alpha value is -1.35. The molecule has 1 aliphatic rings. The van der Waals surface area contributed by atoms with Gasteiger partial charge in [-0.1, -0.05) is 24.3 Å². The van der Waals surface area contributed by atoms with Crippen LogP contribution in [-0.4, -0.2) is 19.0 Å². The zero-order chi connectivity index (χ0) is 11.4. The van der Waals surface area contributed by atoms with Gasteiger partial charge in [0.05, 0.1) is 5.92 Å². The number of hydrogen-bond acceptors (Lipinski definition) is 2. The standard InChI is InChI=1S/C13H18N2O/c14-8-9-15-13(16)12-7-3-5-10-4-1-2-6-11(10)12/h1-2,4,6,12H,3,5,7-9,14H2,(H,15,16)/t12-/m0/s1. The number of benzene rings is 1. The van der Waals surface area contributed by atoms with E-state index in [0.717, 1.165) is 19.3 Å². The van der Waals surface area contributed by atoms with Crippen molar-refractivity contribution in [3.8, 4) is 0 Å². The molecule has 3 N–H and O–H groups in total. The summed E-state index contributed by atoms with van der Waals surface area (Å²) in [5, 5.41) is 2.88. The second-order valence-corrected chi connectivity index (χ2v) is 4.22. The first-order valence-corrected chi connectivity index (χ1v) is 5.88. The zero-order valence-corrected chi connectivity index (χ0v) is 9.41. The molecule has 0 heterocycles. The smallest absolute Gasteiger partial charge is 0.227 e. The Morgan fingerprint density at radius 2 is 2.25 bits per heavy atom. The molecule has 0 spiro atoms. The molecule has 86 valence electrons. The molecular formula is C13H18N2O. The summed E-state index contributed by atoms with van der Waals surface area (Å²) in [6, 6.07) is 8.24. The maximum absolute atomic E-state index is 12.0. The summed E-state index contributed by atoms with van der Waals surface area (Å²) in [5.74, 6) is 0.147. The molecule has 0 unspecified atom stereocenters.